The van der Waals surface area contributed by atoms with Gasteiger partial charge < -0.3 is 30.0 Å². The third-order valence-corrected chi connectivity index (χ3v) is 8.34. The van der Waals surface area contributed by atoms with Gasteiger partial charge in [-0.2, -0.15) is 0 Å². The molecule has 46 heavy (non-hydrogen) atoms. The number of carbonyl (C=O) groups is 2. The lowest BCUT2D eigenvalue weighted by Gasteiger charge is -2.26. The van der Waals surface area contributed by atoms with Gasteiger partial charge in [0.1, 0.15) is 11.2 Å². The van der Waals surface area contributed by atoms with Crippen molar-refractivity contribution in [2.24, 2.45) is 5.41 Å². The molecule has 0 atom stereocenters. The first-order chi connectivity index (χ1) is 22.3. The maximum atomic E-state index is 15.1. The molecule has 10 nitrogen and oxygen atoms in total. The van der Waals surface area contributed by atoms with E-state index in [9.17, 15) is 19.1 Å². The van der Waals surface area contributed by atoms with Crippen LogP contribution in [0, 0.1) is 17.0 Å². The molecule has 6 rings (SSSR count). The van der Waals surface area contributed by atoms with Crippen LogP contribution in [0.5, 0.6) is 17.2 Å². The highest BCUT2D eigenvalue weighted by Crippen LogP contribution is 2.48. The number of halogens is 2. The molecule has 1 aliphatic heterocycles. The van der Waals surface area contributed by atoms with E-state index < -0.39 is 34.6 Å². The number of fused-ring (bicyclic) bond motifs is 1. The highest BCUT2D eigenvalue weighted by Gasteiger charge is 2.56. The van der Waals surface area contributed by atoms with E-state index in [2.05, 4.69) is 20.5 Å². The van der Waals surface area contributed by atoms with Gasteiger partial charge >= 0.3 is 0 Å². The Balaban J connectivity index is 1.21. The molecule has 3 aromatic carbocycles. The van der Waals surface area contributed by atoms with Crippen LogP contribution in [-0.4, -0.2) is 73.4 Å². The predicted octanol–water partition coefficient (Wildman–Crippen LogP) is 5.35. The predicted molar refractivity (Wildman–Crippen MR) is 168 cm³/mol. The van der Waals surface area contributed by atoms with Crippen LogP contribution >= 0.6 is 0 Å². The molecule has 2 fully saturated rings. The average Bonchev–Trinajstić information content (AvgIpc) is 3.88. The van der Waals surface area contributed by atoms with Gasteiger partial charge in [-0.3, -0.25) is 19.5 Å². The zero-order valence-corrected chi connectivity index (χ0v) is 25.3. The summed E-state index contributed by atoms with van der Waals surface area (Å²) in [6, 6.07) is 12.7. The number of rotatable bonds is 11. The van der Waals surface area contributed by atoms with Crippen molar-refractivity contribution in [3.8, 4) is 28.4 Å². The molecule has 1 aromatic heterocycles. The van der Waals surface area contributed by atoms with Gasteiger partial charge in [0.2, 0.25) is 11.8 Å². The van der Waals surface area contributed by atoms with Crippen molar-refractivity contribution in [2.45, 2.75) is 19.3 Å². The third-order valence-electron chi connectivity index (χ3n) is 8.34. The van der Waals surface area contributed by atoms with E-state index in [0.29, 0.717) is 53.1 Å². The van der Waals surface area contributed by atoms with Crippen LogP contribution in [0.15, 0.2) is 60.8 Å². The molecule has 3 N–H and O–H groups in total. The number of methoxy groups -OCH3 is 1. The lowest BCUT2D eigenvalue weighted by atomic mass is 9.98. The minimum absolute atomic E-state index is 0.0632. The van der Waals surface area contributed by atoms with Crippen molar-refractivity contribution in [3.63, 3.8) is 0 Å². The van der Waals surface area contributed by atoms with Crippen LogP contribution in [0.2, 0.25) is 0 Å². The summed E-state index contributed by atoms with van der Waals surface area (Å²) in [7, 11) is 1.52. The molecule has 2 amide bonds. The molecule has 2 aliphatic rings. The third kappa shape index (κ3) is 6.58. The van der Waals surface area contributed by atoms with E-state index in [1.165, 1.54) is 43.6 Å². The van der Waals surface area contributed by atoms with Crippen LogP contribution in [0.4, 0.5) is 20.2 Å². The number of pyridine rings is 1. The fraction of sp³-hybridized carbons (Fsp3) is 0.324. The molecule has 0 unspecified atom stereocenters. The number of anilines is 2. The molecule has 1 saturated carbocycles. The van der Waals surface area contributed by atoms with E-state index in [1.807, 2.05) is 0 Å². The summed E-state index contributed by atoms with van der Waals surface area (Å²) in [5.41, 5.74) is 0.163. The first-order valence-electron chi connectivity index (χ1n) is 15.1. The normalized spacial score (nSPS) is 15.7. The van der Waals surface area contributed by atoms with Crippen LogP contribution in [0.3, 0.4) is 0 Å². The number of morpholine rings is 1. The zero-order chi connectivity index (χ0) is 32.3. The summed E-state index contributed by atoms with van der Waals surface area (Å²) in [6.07, 6.45) is 2.95. The second-order valence-corrected chi connectivity index (χ2v) is 11.4. The lowest BCUT2D eigenvalue weighted by Crippen LogP contribution is -2.37. The fourth-order valence-corrected chi connectivity index (χ4v) is 5.55. The van der Waals surface area contributed by atoms with Crippen molar-refractivity contribution < 1.29 is 37.7 Å². The Morgan fingerprint density at radius 3 is 2.37 bits per heavy atom. The van der Waals surface area contributed by atoms with Crippen LogP contribution in [0.1, 0.15) is 19.3 Å². The molecule has 12 heteroatoms. The molecule has 0 bridgehead atoms. The van der Waals surface area contributed by atoms with E-state index in [1.54, 1.807) is 18.2 Å². The molecule has 1 aliphatic carbocycles. The second kappa shape index (κ2) is 13.3. The van der Waals surface area contributed by atoms with Crippen LogP contribution in [0.25, 0.3) is 22.0 Å². The van der Waals surface area contributed by atoms with Crippen molar-refractivity contribution in [1.29, 1.82) is 0 Å². The molecule has 0 spiro atoms. The largest absolute Gasteiger partial charge is 0.504 e. The summed E-state index contributed by atoms with van der Waals surface area (Å²) < 4.78 is 45.4. The number of carbonyl (C=O) groups excluding carboxylic acids is 2. The molecule has 0 radical (unpaired) electrons. The Kier molecular flexibility index (Phi) is 9.00. The Labute approximate surface area is 264 Å². The van der Waals surface area contributed by atoms with Crippen molar-refractivity contribution in [1.82, 2.24) is 9.88 Å². The van der Waals surface area contributed by atoms with Crippen LogP contribution in [-0.2, 0) is 14.3 Å². The Bertz CT molecular complexity index is 1760. The molecule has 240 valence electrons. The van der Waals surface area contributed by atoms with Gasteiger partial charge in [0, 0.05) is 60.3 Å². The van der Waals surface area contributed by atoms with Gasteiger partial charge in [-0.15, -0.1) is 0 Å². The first kappa shape index (κ1) is 31.2. The van der Waals surface area contributed by atoms with Gasteiger partial charge in [0.25, 0.3) is 0 Å². The Morgan fingerprint density at radius 2 is 1.67 bits per heavy atom. The van der Waals surface area contributed by atoms with Gasteiger partial charge in [-0.05, 0) is 67.3 Å². The number of benzene rings is 3. The quantitative estimate of drug-likeness (QED) is 0.115. The van der Waals surface area contributed by atoms with Crippen LogP contribution < -0.4 is 20.1 Å². The number of aromatic nitrogens is 1. The number of hydrogen-bond donors (Lipinski definition) is 3. The number of nitrogens with one attached hydrogen (secondary N) is 2. The number of phenolic OH excluding ortho intramolecular Hbond substituents is 1. The van der Waals surface area contributed by atoms with Gasteiger partial charge in [-0.25, -0.2) is 8.78 Å². The monoisotopic (exact) mass is 632 g/mol. The standard InChI is InChI=1S/C34H34F2N4O6/c1-44-29-19-25-24(7-10-37-28(25)20-30(29)46-14-2-11-40-12-15-45-16-13-40)26-17-23(18-27(36)31(26)41)39-33(43)34(8-9-34)32(42)38-22-5-3-21(35)4-6-22/h3-7,10,17-20,41H,2,8-9,11-16H2,1H3,(H,38,42)(H,39,43). The van der Waals surface area contributed by atoms with E-state index >= 15 is 4.39 Å². The summed E-state index contributed by atoms with van der Waals surface area (Å²) in [4.78, 5) is 33.1. The van der Waals surface area contributed by atoms with E-state index in [0.717, 1.165) is 45.3 Å². The summed E-state index contributed by atoms with van der Waals surface area (Å²) in [5.74, 6) is -2.21. The van der Waals surface area contributed by atoms with E-state index in [-0.39, 0.29) is 11.3 Å². The average molecular weight is 633 g/mol. The van der Waals surface area contributed by atoms with Gasteiger partial charge in [-0.1, -0.05) is 0 Å². The maximum Gasteiger partial charge on any atom is 0.240 e. The fourth-order valence-electron chi connectivity index (χ4n) is 5.55. The number of nitrogens with zero attached hydrogens (tertiary/aromatic N) is 2. The molecular weight excluding hydrogens is 598 g/mol. The SMILES string of the molecule is COc1cc2c(-c3cc(NC(=O)C4(C(=O)Nc5ccc(F)cc5)CC4)cc(F)c3O)ccnc2cc1OCCCN1CCOCC1. The smallest absolute Gasteiger partial charge is 0.240 e. The topological polar surface area (TPSA) is 122 Å². The van der Waals surface area contributed by atoms with Gasteiger partial charge in [0.15, 0.2) is 23.1 Å². The number of ether oxygens (including phenoxy) is 3. The first-order valence-corrected chi connectivity index (χ1v) is 15.1. The van der Waals surface area contributed by atoms with Crippen molar-refractivity contribution in [2.75, 3.05) is 57.2 Å². The van der Waals surface area contributed by atoms with Gasteiger partial charge in [0.05, 0.1) is 32.4 Å². The lowest BCUT2D eigenvalue weighted by molar-refractivity contribution is -0.131. The molecule has 4 aromatic rings. The Hall–Kier alpha value is -4.81. The Morgan fingerprint density at radius 1 is 0.957 bits per heavy atom. The molecule has 1 saturated heterocycles. The summed E-state index contributed by atoms with van der Waals surface area (Å²) in [6.45, 7) is 4.63. The highest BCUT2D eigenvalue weighted by atomic mass is 19.1. The maximum absolute atomic E-state index is 15.1. The minimum Gasteiger partial charge on any atom is -0.504 e. The minimum atomic E-state index is -1.35. The summed E-state index contributed by atoms with van der Waals surface area (Å²) in [5, 5.41) is 16.6. The number of aromatic hydroxyl groups is 1. The summed E-state index contributed by atoms with van der Waals surface area (Å²) >= 11 is 0. The van der Waals surface area contributed by atoms with E-state index in [4.69, 9.17) is 14.2 Å². The second-order valence-electron chi connectivity index (χ2n) is 11.4. The molecule has 2 heterocycles. The highest BCUT2D eigenvalue weighted by molar-refractivity contribution is 6.17. The van der Waals surface area contributed by atoms with Crippen molar-refractivity contribution >= 4 is 34.1 Å². The molecular formula is C34H34F2N4O6. The number of amides is 2. The number of phenols is 1. The zero-order valence-electron chi connectivity index (χ0n) is 25.3. The van der Waals surface area contributed by atoms with Crippen molar-refractivity contribution in [3.05, 3.63) is 72.4 Å². The number of hydrogen-bond acceptors (Lipinski definition) is 8.